The van der Waals surface area contributed by atoms with Crippen LogP contribution in [0.2, 0.25) is 0 Å². The quantitative estimate of drug-likeness (QED) is 0.764. The van der Waals surface area contributed by atoms with Gasteiger partial charge in [-0.05, 0) is 59.0 Å². The van der Waals surface area contributed by atoms with Crippen molar-refractivity contribution in [2.45, 2.75) is 20.4 Å². The molecular formula is C15H17IN2O2. The highest BCUT2D eigenvalue weighted by atomic mass is 127. The maximum Gasteiger partial charge on any atom is 0.226 e. The Balaban J connectivity index is 1.89. The summed E-state index contributed by atoms with van der Waals surface area (Å²) < 4.78 is 6.36. The van der Waals surface area contributed by atoms with Gasteiger partial charge in [-0.15, -0.1) is 0 Å². The average Bonchev–Trinajstić information content (AvgIpc) is 2.83. The van der Waals surface area contributed by atoms with E-state index >= 15 is 0 Å². The lowest BCUT2D eigenvalue weighted by atomic mass is 10.2. The van der Waals surface area contributed by atoms with E-state index in [-0.39, 0.29) is 11.8 Å². The first-order valence-corrected chi connectivity index (χ1v) is 7.51. The number of hydrogen-bond donors (Lipinski definition) is 2. The average molecular weight is 384 g/mol. The normalized spacial score (nSPS) is 10.6. The molecule has 0 fully saturated rings. The van der Waals surface area contributed by atoms with Crippen molar-refractivity contribution in [3.05, 3.63) is 45.9 Å². The Morgan fingerprint density at radius 3 is 2.35 bits per heavy atom. The van der Waals surface area contributed by atoms with Crippen LogP contribution >= 0.6 is 22.6 Å². The molecule has 0 spiro atoms. The number of furan rings is 1. The fourth-order valence-corrected chi connectivity index (χ4v) is 2.06. The Morgan fingerprint density at radius 1 is 1.15 bits per heavy atom. The fraction of sp³-hybridized carbons (Fsp3) is 0.267. The number of nitrogens with one attached hydrogen (secondary N) is 2. The summed E-state index contributed by atoms with van der Waals surface area (Å²) >= 11 is 2.14. The molecular weight excluding hydrogens is 367 g/mol. The summed E-state index contributed by atoms with van der Waals surface area (Å²) in [5.74, 6) is 0.900. The fourth-order valence-electron chi connectivity index (χ4n) is 1.59. The molecule has 2 N–H and O–H groups in total. The van der Waals surface area contributed by atoms with E-state index in [1.165, 1.54) is 0 Å². The topological polar surface area (TPSA) is 54.3 Å². The molecule has 0 unspecified atom stereocenters. The van der Waals surface area contributed by atoms with Crippen molar-refractivity contribution in [2.24, 2.45) is 5.92 Å². The molecule has 0 saturated carbocycles. The number of rotatable bonds is 5. The molecule has 5 heteroatoms. The highest BCUT2D eigenvalue weighted by Gasteiger charge is 2.06. The van der Waals surface area contributed by atoms with Crippen LogP contribution in [-0.4, -0.2) is 5.91 Å². The molecule has 0 saturated heterocycles. The van der Waals surface area contributed by atoms with Crippen LogP contribution in [0.4, 0.5) is 11.4 Å². The van der Waals surface area contributed by atoms with Crippen molar-refractivity contribution in [1.82, 2.24) is 0 Å². The van der Waals surface area contributed by atoms with E-state index in [0.717, 1.165) is 20.9 Å². The van der Waals surface area contributed by atoms with Gasteiger partial charge in [-0.25, -0.2) is 0 Å². The second-order valence-corrected chi connectivity index (χ2v) is 5.84. The first-order valence-electron chi connectivity index (χ1n) is 6.43. The Morgan fingerprint density at radius 2 is 1.80 bits per heavy atom. The van der Waals surface area contributed by atoms with Gasteiger partial charge >= 0.3 is 0 Å². The SMILES string of the molecule is CC(C)C(=O)Nc1ccc(NCc2ccc(I)o2)cc1. The van der Waals surface area contributed by atoms with Crippen molar-refractivity contribution in [3.63, 3.8) is 0 Å². The van der Waals surface area contributed by atoms with Gasteiger partial charge in [0.05, 0.1) is 6.54 Å². The molecule has 0 radical (unpaired) electrons. The van der Waals surface area contributed by atoms with E-state index in [0.29, 0.717) is 6.54 Å². The zero-order chi connectivity index (χ0) is 14.5. The van der Waals surface area contributed by atoms with Gasteiger partial charge in [-0.1, -0.05) is 13.8 Å². The molecule has 1 aromatic heterocycles. The van der Waals surface area contributed by atoms with Crippen molar-refractivity contribution >= 4 is 39.9 Å². The Hall–Kier alpha value is -1.50. The molecule has 0 aliphatic heterocycles. The van der Waals surface area contributed by atoms with E-state index < -0.39 is 0 Å². The molecule has 106 valence electrons. The van der Waals surface area contributed by atoms with E-state index in [1.54, 1.807) is 0 Å². The third-order valence-electron chi connectivity index (χ3n) is 2.77. The maximum absolute atomic E-state index is 11.6. The predicted molar refractivity (Wildman–Crippen MR) is 88.7 cm³/mol. The number of benzene rings is 1. The van der Waals surface area contributed by atoms with Crippen LogP contribution in [0.3, 0.4) is 0 Å². The van der Waals surface area contributed by atoms with Gasteiger partial charge < -0.3 is 15.1 Å². The molecule has 0 aliphatic rings. The van der Waals surface area contributed by atoms with Gasteiger partial charge in [-0.2, -0.15) is 0 Å². The van der Waals surface area contributed by atoms with E-state index in [1.807, 2.05) is 50.2 Å². The first-order chi connectivity index (χ1) is 9.54. The molecule has 1 heterocycles. The largest absolute Gasteiger partial charge is 0.454 e. The minimum Gasteiger partial charge on any atom is -0.454 e. The van der Waals surface area contributed by atoms with Crippen molar-refractivity contribution < 1.29 is 9.21 Å². The Kier molecular flexibility index (Phi) is 5.05. The molecule has 2 rings (SSSR count). The molecule has 2 aromatic rings. The van der Waals surface area contributed by atoms with Gasteiger partial charge in [0.2, 0.25) is 5.91 Å². The van der Waals surface area contributed by atoms with Crippen molar-refractivity contribution in [2.75, 3.05) is 10.6 Å². The lowest BCUT2D eigenvalue weighted by Crippen LogP contribution is -2.17. The molecule has 0 bridgehead atoms. The summed E-state index contributed by atoms with van der Waals surface area (Å²) in [5, 5.41) is 6.13. The zero-order valence-corrected chi connectivity index (χ0v) is 13.6. The molecule has 1 aromatic carbocycles. The van der Waals surface area contributed by atoms with Crippen LogP contribution < -0.4 is 10.6 Å². The number of carbonyl (C=O) groups is 1. The highest BCUT2D eigenvalue weighted by molar-refractivity contribution is 14.1. The summed E-state index contributed by atoms with van der Waals surface area (Å²) in [6.45, 7) is 4.38. The summed E-state index contributed by atoms with van der Waals surface area (Å²) in [5.41, 5.74) is 1.79. The first kappa shape index (κ1) is 14.9. The second-order valence-electron chi connectivity index (χ2n) is 4.78. The third-order valence-corrected chi connectivity index (χ3v) is 3.35. The van der Waals surface area contributed by atoms with E-state index in [2.05, 4.69) is 33.2 Å². The monoisotopic (exact) mass is 384 g/mol. The van der Waals surface area contributed by atoms with E-state index in [4.69, 9.17) is 4.42 Å². The highest BCUT2D eigenvalue weighted by Crippen LogP contribution is 2.16. The van der Waals surface area contributed by atoms with Crippen LogP contribution in [0, 0.1) is 9.68 Å². The summed E-state index contributed by atoms with van der Waals surface area (Å²) in [4.78, 5) is 11.6. The minimum atomic E-state index is -0.0192. The van der Waals surface area contributed by atoms with Gasteiger partial charge in [-0.3, -0.25) is 4.79 Å². The number of hydrogen-bond acceptors (Lipinski definition) is 3. The number of amides is 1. The van der Waals surface area contributed by atoms with E-state index in [9.17, 15) is 4.79 Å². The standard InChI is InChI=1S/C15H17IN2O2/c1-10(2)15(19)18-12-5-3-11(4-6-12)17-9-13-7-8-14(16)20-13/h3-8,10,17H,9H2,1-2H3,(H,18,19). The van der Waals surface area contributed by atoms with Gasteiger partial charge in [0.25, 0.3) is 0 Å². The summed E-state index contributed by atoms with van der Waals surface area (Å²) in [6, 6.07) is 11.5. The molecule has 20 heavy (non-hydrogen) atoms. The van der Waals surface area contributed by atoms with Gasteiger partial charge in [0, 0.05) is 17.3 Å². The van der Waals surface area contributed by atoms with Crippen LogP contribution in [0.5, 0.6) is 0 Å². The van der Waals surface area contributed by atoms with Crippen LogP contribution in [-0.2, 0) is 11.3 Å². The third kappa shape index (κ3) is 4.26. The Bertz CT molecular complexity index is 576. The zero-order valence-electron chi connectivity index (χ0n) is 11.4. The molecule has 0 atom stereocenters. The van der Waals surface area contributed by atoms with Crippen LogP contribution in [0.1, 0.15) is 19.6 Å². The Labute approximate surface area is 132 Å². The lowest BCUT2D eigenvalue weighted by molar-refractivity contribution is -0.118. The second kappa shape index (κ2) is 6.78. The lowest BCUT2D eigenvalue weighted by Gasteiger charge is -2.09. The number of carbonyl (C=O) groups excluding carboxylic acids is 1. The molecule has 4 nitrogen and oxygen atoms in total. The maximum atomic E-state index is 11.6. The predicted octanol–water partition coefficient (Wildman–Crippen LogP) is 4.09. The minimum absolute atomic E-state index is 0.0192. The summed E-state index contributed by atoms with van der Waals surface area (Å²) in [7, 11) is 0. The number of anilines is 2. The van der Waals surface area contributed by atoms with Crippen molar-refractivity contribution in [3.8, 4) is 0 Å². The van der Waals surface area contributed by atoms with Crippen LogP contribution in [0.25, 0.3) is 0 Å². The smallest absolute Gasteiger partial charge is 0.226 e. The van der Waals surface area contributed by atoms with Gasteiger partial charge in [0.15, 0.2) is 3.77 Å². The van der Waals surface area contributed by atoms with Crippen molar-refractivity contribution in [1.29, 1.82) is 0 Å². The number of halogens is 1. The molecule has 0 aliphatic carbocycles. The van der Waals surface area contributed by atoms with Crippen LogP contribution in [0.15, 0.2) is 40.8 Å². The summed E-state index contributed by atoms with van der Waals surface area (Å²) in [6.07, 6.45) is 0. The van der Waals surface area contributed by atoms with Gasteiger partial charge in [0.1, 0.15) is 5.76 Å². The molecule has 1 amide bonds.